The van der Waals surface area contributed by atoms with Crippen LogP contribution in [-0.4, -0.2) is 26.2 Å². The topological polar surface area (TPSA) is 115 Å². The summed E-state index contributed by atoms with van der Waals surface area (Å²) < 4.78 is 63.9. The van der Waals surface area contributed by atoms with Gasteiger partial charge in [0, 0.05) is 30.9 Å². The van der Waals surface area contributed by atoms with Crippen molar-refractivity contribution in [1.82, 2.24) is 9.78 Å². The van der Waals surface area contributed by atoms with Crippen LogP contribution in [0.3, 0.4) is 0 Å². The number of fused-ring (bicyclic) bond motifs is 1. The number of amides is 1. The Morgan fingerprint density at radius 1 is 1.38 bits per heavy atom. The molecule has 0 radical (unpaired) electrons. The lowest BCUT2D eigenvalue weighted by Gasteiger charge is -2.60. The highest BCUT2D eigenvalue weighted by atomic mass is 32.2. The standard InChI is InChI=1S/C22H26F3N5O3S/c1-21(10-13-5-6-15(13)21)11-29-19(17(22(23,24)25)18(28-29)12-3-4-12)20(31)27-14-7-8-30(32)16(9-14)34(2,26)33/h7-9,12-13,15,26H,3-6,10-11H2,1-2H3,(H,27,31). The van der Waals surface area contributed by atoms with Gasteiger partial charge in [-0.3, -0.25) is 9.48 Å². The monoisotopic (exact) mass is 497 g/mol. The number of alkyl halides is 3. The molecular weight excluding hydrogens is 471 g/mol. The molecule has 8 nitrogen and oxygen atoms in total. The second kappa shape index (κ2) is 7.43. The number of nitrogens with zero attached hydrogens (tertiary/aromatic N) is 3. The van der Waals surface area contributed by atoms with Crippen LogP contribution in [0.25, 0.3) is 0 Å². The first-order chi connectivity index (χ1) is 15.8. The molecule has 34 heavy (non-hydrogen) atoms. The predicted molar refractivity (Wildman–Crippen MR) is 117 cm³/mol. The second-order valence-electron chi connectivity index (χ2n) is 10.2. The van der Waals surface area contributed by atoms with E-state index < -0.39 is 38.1 Å². The summed E-state index contributed by atoms with van der Waals surface area (Å²) in [6, 6.07) is 2.25. The Kier molecular flexibility index (Phi) is 5.06. The number of carbonyl (C=O) groups excluding carboxylic acids is 1. The minimum absolute atomic E-state index is 0.0170. The van der Waals surface area contributed by atoms with Crippen molar-refractivity contribution in [3.63, 3.8) is 0 Å². The number of pyridine rings is 1. The molecule has 0 bridgehead atoms. The lowest BCUT2D eigenvalue weighted by molar-refractivity contribution is -0.646. The number of halogens is 3. The zero-order chi connectivity index (χ0) is 24.6. The highest BCUT2D eigenvalue weighted by molar-refractivity contribution is 7.91. The maximum absolute atomic E-state index is 14.2. The maximum Gasteiger partial charge on any atom is 0.420 e. The summed E-state index contributed by atoms with van der Waals surface area (Å²) in [4.78, 5) is 13.3. The number of hydrogen-bond acceptors (Lipinski definition) is 5. The average Bonchev–Trinajstić information content (AvgIpc) is 3.46. The highest BCUT2D eigenvalue weighted by Gasteiger charge is 2.56. The van der Waals surface area contributed by atoms with Gasteiger partial charge < -0.3 is 10.5 Å². The summed E-state index contributed by atoms with van der Waals surface area (Å²) in [7, 11) is -3.42. The van der Waals surface area contributed by atoms with Crippen LogP contribution in [0, 0.1) is 27.2 Å². The SMILES string of the molecule is CC1(Cn2nc(C3CC3)c(C(F)(F)F)c2C(=O)Nc2cc[n+]([O-])c(S(C)(=N)=O)c2)CC2CCC21. The van der Waals surface area contributed by atoms with Crippen LogP contribution in [-0.2, 0) is 22.5 Å². The van der Waals surface area contributed by atoms with E-state index >= 15 is 0 Å². The fourth-order valence-electron chi connectivity index (χ4n) is 5.61. The van der Waals surface area contributed by atoms with Gasteiger partial charge in [-0.2, -0.15) is 23.0 Å². The maximum atomic E-state index is 14.2. The van der Waals surface area contributed by atoms with E-state index in [2.05, 4.69) is 10.4 Å². The molecule has 2 aromatic rings. The van der Waals surface area contributed by atoms with Gasteiger partial charge in [0.25, 0.3) is 10.9 Å². The van der Waals surface area contributed by atoms with Crippen LogP contribution in [0.4, 0.5) is 18.9 Å². The first kappa shape index (κ1) is 23.1. The first-order valence-corrected chi connectivity index (χ1v) is 13.2. The van der Waals surface area contributed by atoms with Crippen LogP contribution in [0.1, 0.15) is 66.7 Å². The molecule has 3 saturated carbocycles. The molecule has 5 rings (SSSR count). The molecule has 2 heterocycles. The van der Waals surface area contributed by atoms with E-state index in [9.17, 15) is 27.4 Å². The summed E-state index contributed by atoms with van der Waals surface area (Å²) >= 11 is 0. The molecule has 0 spiro atoms. The van der Waals surface area contributed by atoms with Crippen molar-refractivity contribution in [2.24, 2.45) is 17.3 Å². The lowest BCUT2D eigenvalue weighted by Crippen LogP contribution is -2.54. The van der Waals surface area contributed by atoms with Crippen molar-refractivity contribution in [3.8, 4) is 0 Å². The largest absolute Gasteiger partial charge is 0.618 e. The Hall–Kier alpha value is -2.63. The third-order valence-corrected chi connectivity index (χ3v) is 8.63. The van der Waals surface area contributed by atoms with Gasteiger partial charge in [0.05, 0.1) is 11.4 Å². The Balaban J connectivity index is 1.54. The van der Waals surface area contributed by atoms with Gasteiger partial charge in [-0.25, -0.2) is 8.99 Å². The van der Waals surface area contributed by atoms with Crippen LogP contribution >= 0.6 is 0 Å². The summed E-state index contributed by atoms with van der Waals surface area (Å²) in [5.41, 5.74) is -1.85. The Bertz CT molecular complexity index is 1290. The van der Waals surface area contributed by atoms with Gasteiger partial charge in [-0.15, -0.1) is 0 Å². The van der Waals surface area contributed by atoms with Crippen molar-refractivity contribution in [2.75, 3.05) is 11.6 Å². The fraction of sp³-hybridized carbons (Fsp3) is 0.591. The van der Waals surface area contributed by atoms with Crippen LogP contribution in [0.5, 0.6) is 0 Å². The van der Waals surface area contributed by atoms with E-state index in [4.69, 9.17) is 4.78 Å². The average molecular weight is 498 g/mol. The highest BCUT2D eigenvalue weighted by Crippen LogP contribution is 2.62. The van der Waals surface area contributed by atoms with E-state index in [1.807, 2.05) is 6.92 Å². The number of carbonyl (C=O) groups is 1. The normalized spacial score (nSPS) is 27.8. The third-order valence-electron chi connectivity index (χ3n) is 7.54. The molecule has 12 heteroatoms. The molecule has 3 aliphatic rings. The van der Waals surface area contributed by atoms with Gasteiger partial charge in [0.15, 0.2) is 6.20 Å². The van der Waals surface area contributed by atoms with Crippen molar-refractivity contribution >= 4 is 21.3 Å². The van der Waals surface area contributed by atoms with Crippen molar-refractivity contribution in [3.05, 3.63) is 40.5 Å². The molecule has 3 fully saturated rings. The Morgan fingerprint density at radius 3 is 2.59 bits per heavy atom. The second-order valence-corrected chi connectivity index (χ2v) is 12.3. The minimum Gasteiger partial charge on any atom is -0.618 e. The molecule has 184 valence electrons. The third kappa shape index (κ3) is 3.85. The molecule has 4 unspecified atom stereocenters. The fourth-order valence-corrected chi connectivity index (χ4v) is 6.37. The van der Waals surface area contributed by atoms with E-state index in [1.165, 1.54) is 10.7 Å². The summed E-state index contributed by atoms with van der Waals surface area (Å²) in [5, 5.41) is 18.2. The van der Waals surface area contributed by atoms with Gasteiger partial charge in [-0.1, -0.05) is 6.92 Å². The zero-order valence-electron chi connectivity index (χ0n) is 18.8. The molecule has 4 atom stereocenters. The van der Waals surface area contributed by atoms with Crippen molar-refractivity contribution < 1.29 is 26.9 Å². The van der Waals surface area contributed by atoms with Gasteiger partial charge in [0.2, 0.25) is 0 Å². The molecule has 1 amide bonds. The van der Waals surface area contributed by atoms with Crippen LogP contribution in [0.2, 0.25) is 0 Å². The summed E-state index contributed by atoms with van der Waals surface area (Å²) in [6.45, 7) is 2.27. The Morgan fingerprint density at radius 2 is 2.09 bits per heavy atom. The van der Waals surface area contributed by atoms with E-state index in [1.54, 1.807) is 0 Å². The molecule has 3 aliphatic carbocycles. The van der Waals surface area contributed by atoms with Gasteiger partial charge in [-0.05, 0) is 49.4 Å². The van der Waals surface area contributed by atoms with Crippen molar-refractivity contribution in [2.45, 2.75) is 62.7 Å². The van der Waals surface area contributed by atoms with Gasteiger partial charge >= 0.3 is 6.18 Å². The van der Waals surface area contributed by atoms with Crippen LogP contribution in [0.15, 0.2) is 23.4 Å². The molecule has 0 aliphatic heterocycles. The molecule has 0 aromatic carbocycles. The molecule has 0 saturated heterocycles. The Labute approximate surface area is 195 Å². The van der Waals surface area contributed by atoms with E-state index in [0.717, 1.165) is 37.8 Å². The van der Waals surface area contributed by atoms with Crippen molar-refractivity contribution in [1.29, 1.82) is 4.78 Å². The first-order valence-electron chi connectivity index (χ1n) is 11.2. The summed E-state index contributed by atoms with van der Waals surface area (Å²) in [6.07, 6.45) is 1.53. The number of anilines is 1. The molecule has 2 aromatic heterocycles. The number of rotatable bonds is 6. The summed E-state index contributed by atoms with van der Waals surface area (Å²) in [5.74, 6) is -0.267. The molecular formula is C22H26F3N5O3S. The predicted octanol–water partition coefficient (Wildman–Crippen LogP) is 4.14. The number of aromatic nitrogens is 3. The number of hydrogen-bond donors (Lipinski definition) is 2. The molecule has 2 N–H and O–H groups in total. The zero-order valence-corrected chi connectivity index (χ0v) is 19.6. The van der Waals surface area contributed by atoms with E-state index in [-0.39, 0.29) is 34.0 Å². The smallest absolute Gasteiger partial charge is 0.420 e. The van der Waals surface area contributed by atoms with Crippen LogP contribution < -0.4 is 10.0 Å². The minimum atomic E-state index is -4.76. The number of nitrogens with one attached hydrogen (secondary N) is 2. The van der Waals surface area contributed by atoms with E-state index in [0.29, 0.717) is 24.7 Å². The van der Waals surface area contributed by atoms with Gasteiger partial charge in [0.1, 0.15) is 21.0 Å². The lowest BCUT2D eigenvalue weighted by atomic mass is 9.45. The quantitative estimate of drug-likeness (QED) is 0.461.